The number of aliphatic hydroxyl groups is 1. The van der Waals surface area contributed by atoms with Crippen LogP contribution in [0, 0.1) is 5.92 Å². The van der Waals surface area contributed by atoms with E-state index in [0.717, 1.165) is 32.4 Å². The summed E-state index contributed by atoms with van der Waals surface area (Å²) in [7, 11) is -3.05. The van der Waals surface area contributed by atoms with Crippen LogP contribution < -0.4 is 0 Å². The second-order valence-electron chi connectivity index (χ2n) is 6.38. The molecule has 2 heterocycles. The van der Waals surface area contributed by atoms with Crippen LogP contribution in [0.4, 0.5) is 0 Å². The lowest BCUT2D eigenvalue weighted by Crippen LogP contribution is -2.47. The third-order valence-electron chi connectivity index (χ3n) is 4.78. The molecule has 2 fully saturated rings. The fourth-order valence-electron chi connectivity index (χ4n) is 3.60. The van der Waals surface area contributed by atoms with E-state index < -0.39 is 15.9 Å². The lowest BCUT2D eigenvalue weighted by molar-refractivity contribution is 0.0587. The smallest absolute Gasteiger partial charge is 0.154 e. The molecule has 1 aromatic carbocycles. The summed E-state index contributed by atoms with van der Waals surface area (Å²) in [4.78, 5) is 2.18. The number of hydrogen-bond acceptors (Lipinski definition) is 4. The molecule has 1 aromatic rings. The zero-order valence-electron chi connectivity index (χ0n) is 12.2. The van der Waals surface area contributed by atoms with Crippen LogP contribution in [0.25, 0.3) is 0 Å². The summed E-state index contributed by atoms with van der Waals surface area (Å²) in [5.74, 6) is 0.720. The average Bonchev–Trinajstić information content (AvgIpc) is 2.74. The molecule has 2 saturated heterocycles. The summed E-state index contributed by atoms with van der Waals surface area (Å²) in [5.41, 5.74) is 1.37. The molecule has 1 N–H and O–H groups in total. The topological polar surface area (TPSA) is 57.6 Å². The Balaban J connectivity index is 1.54. The summed E-state index contributed by atoms with van der Waals surface area (Å²) in [6.45, 7) is 1.80. The number of benzene rings is 1. The van der Waals surface area contributed by atoms with E-state index in [1.54, 1.807) is 0 Å². The molecule has 0 amide bonds. The second-order valence-corrected chi connectivity index (χ2v) is 8.53. The molecule has 5 heteroatoms. The van der Waals surface area contributed by atoms with Gasteiger partial charge in [0.15, 0.2) is 9.84 Å². The molecule has 0 saturated carbocycles. The Hall–Kier alpha value is -0.910. The first kappa shape index (κ1) is 15.0. The molecule has 4 nitrogen and oxygen atoms in total. The summed E-state index contributed by atoms with van der Waals surface area (Å²) in [5, 5.41) is 9.96. The van der Waals surface area contributed by atoms with Crippen molar-refractivity contribution in [3.05, 3.63) is 35.9 Å². The largest absolute Gasteiger partial charge is 0.390 e. The molecule has 3 rings (SSSR count). The van der Waals surface area contributed by atoms with E-state index in [2.05, 4.69) is 29.2 Å². The normalized spacial score (nSPS) is 30.5. The monoisotopic (exact) mass is 309 g/mol. The van der Waals surface area contributed by atoms with E-state index in [-0.39, 0.29) is 17.5 Å². The van der Waals surface area contributed by atoms with Crippen LogP contribution in [-0.4, -0.2) is 55.2 Å². The van der Waals surface area contributed by atoms with Gasteiger partial charge in [0.25, 0.3) is 0 Å². The van der Waals surface area contributed by atoms with Gasteiger partial charge in [0.05, 0.1) is 23.7 Å². The first-order valence-corrected chi connectivity index (χ1v) is 9.52. The molecule has 0 bridgehead atoms. The van der Waals surface area contributed by atoms with E-state index in [1.165, 1.54) is 5.56 Å². The second kappa shape index (κ2) is 6.07. The van der Waals surface area contributed by atoms with Crippen molar-refractivity contribution in [2.75, 3.05) is 24.6 Å². The van der Waals surface area contributed by atoms with Gasteiger partial charge in [-0.1, -0.05) is 30.3 Å². The molecule has 0 aliphatic carbocycles. The molecule has 0 radical (unpaired) electrons. The molecule has 0 aromatic heterocycles. The quantitative estimate of drug-likeness (QED) is 0.908. The Morgan fingerprint density at radius 3 is 2.33 bits per heavy atom. The van der Waals surface area contributed by atoms with Crippen molar-refractivity contribution < 1.29 is 13.5 Å². The van der Waals surface area contributed by atoms with Crippen molar-refractivity contribution in [2.24, 2.45) is 5.92 Å². The molecule has 0 spiro atoms. The van der Waals surface area contributed by atoms with Crippen LogP contribution in [0.2, 0.25) is 0 Å². The van der Waals surface area contributed by atoms with Crippen molar-refractivity contribution in [1.29, 1.82) is 0 Å². The van der Waals surface area contributed by atoms with E-state index in [4.69, 9.17) is 0 Å². The van der Waals surface area contributed by atoms with Gasteiger partial charge in [0.1, 0.15) is 0 Å². The number of sulfone groups is 1. The maximum atomic E-state index is 11.6. The molecule has 2 aliphatic rings. The summed E-state index contributed by atoms with van der Waals surface area (Å²) < 4.78 is 23.2. The zero-order chi connectivity index (χ0) is 14.9. The molecular weight excluding hydrogens is 286 g/mol. The van der Waals surface area contributed by atoms with Gasteiger partial charge in [-0.2, -0.15) is 0 Å². The number of rotatable bonds is 3. The van der Waals surface area contributed by atoms with Crippen molar-refractivity contribution in [3.63, 3.8) is 0 Å². The van der Waals surface area contributed by atoms with Crippen molar-refractivity contribution in [2.45, 2.75) is 31.4 Å². The Kier molecular flexibility index (Phi) is 4.33. The molecule has 2 atom stereocenters. The number of nitrogens with zero attached hydrogens (tertiary/aromatic N) is 1. The van der Waals surface area contributed by atoms with E-state index in [9.17, 15) is 13.5 Å². The van der Waals surface area contributed by atoms with Crippen LogP contribution >= 0.6 is 0 Å². The molecule has 21 heavy (non-hydrogen) atoms. The Bertz CT molecular complexity index is 564. The Morgan fingerprint density at radius 2 is 1.76 bits per heavy atom. The van der Waals surface area contributed by atoms with Gasteiger partial charge < -0.3 is 5.11 Å². The van der Waals surface area contributed by atoms with Gasteiger partial charge in [-0.15, -0.1) is 0 Å². The SMILES string of the molecule is O=S1(=O)C[C@@H](O)[C@H](N2CCC(Cc3ccccc3)CC2)C1. The van der Waals surface area contributed by atoms with Gasteiger partial charge in [-0.05, 0) is 43.8 Å². The number of hydrogen-bond donors (Lipinski definition) is 1. The van der Waals surface area contributed by atoms with Crippen molar-refractivity contribution in [3.8, 4) is 0 Å². The lowest BCUT2D eigenvalue weighted by atomic mass is 9.89. The highest BCUT2D eigenvalue weighted by Crippen LogP contribution is 2.26. The van der Waals surface area contributed by atoms with Crippen LogP contribution in [0.3, 0.4) is 0 Å². The van der Waals surface area contributed by atoms with E-state index >= 15 is 0 Å². The fourth-order valence-corrected chi connectivity index (χ4v) is 5.43. The average molecular weight is 309 g/mol. The highest BCUT2D eigenvalue weighted by Gasteiger charge is 2.40. The van der Waals surface area contributed by atoms with Crippen LogP contribution in [-0.2, 0) is 16.3 Å². The maximum Gasteiger partial charge on any atom is 0.154 e. The molecule has 116 valence electrons. The third kappa shape index (κ3) is 3.65. The third-order valence-corrected chi connectivity index (χ3v) is 6.48. The predicted molar refractivity (Wildman–Crippen MR) is 82.9 cm³/mol. The molecular formula is C16H23NO3S. The van der Waals surface area contributed by atoms with Gasteiger partial charge >= 0.3 is 0 Å². The first-order valence-electron chi connectivity index (χ1n) is 7.70. The minimum Gasteiger partial charge on any atom is -0.390 e. The minimum atomic E-state index is -3.05. The van der Waals surface area contributed by atoms with Gasteiger partial charge in [-0.3, -0.25) is 4.90 Å². The van der Waals surface area contributed by atoms with Crippen molar-refractivity contribution in [1.82, 2.24) is 4.90 Å². The Morgan fingerprint density at radius 1 is 1.10 bits per heavy atom. The summed E-state index contributed by atoms with van der Waals surface area (Å²) in [6, 6.07) is 10.3. The first-order chi connectivity index (χ1) is 10.0. The molecule has 2 aliphatic heterocycles. The highest BCUT2D eigenvalue weighted by molar-refractivity contribution is 7.91. The van der Waals surface area contributed by atoms with Gasteiger partial charge in [-0.25, -0.2) is 8.42 Å². The lowest BCUT2D eigenvalue weighted by Gasteiger charge is -2.36. The minimum absolute atomic E-state index is 0.0678. The van der Waals surface area contributed by atoms with Gasteiger partial charge in [0, 0.05) is 0 Å². The van der Waals surface area contributed by atoms with Crippen molar-refractivity contribution >= 4 is 9.84 Å². The van der Waals surface area contributed by atoms with E-state index in [0.29, 0.717) is 5.92 Å². The standard InChI is InChI=1S/C16H23NO3S/c18-16-12-21(19,20)11-15(16)17-8-6-14(7-9-17)10-13-4-2-1-3-5-13/h1-5,14-16,18H,6-12H2/t15-,16-/m1/s1. The van der Waals surface area contributed by atoms with Crippen LogP contribution in [0.1, 0.15) is 18.4 Å². The maximum absolute atomic E-state index is 11.6. The van der Waals surface area contributed by atoms with E-state index in [1.807, 2.05) is 6.07 Å². The number of aliphatic hydroxyl groups excluding tert-OH is 1. The molecule has 0 unspecified atom stereocenters. The predicted octanol–water partition coefficient (Wildman–Crippen LogP) is 1.10. The Labute approximate surface area is 126 Å². The number of piperidine rings is 1. The highest BCUT2D eigenvalue weighted by atomic mass is 32.2. The zero-order valence-corrected chi connectivity index (χ0v) is 13.0. The number of likely N-dealkylation sites (tertiary alicyclic amines) is 1. The van der Waals surface area contributed by atoms with Crippen LogP contribution in [0.15, 0.2) is 30.3 Å². The summed E-state index contributed by atoms with van der Waals surface area (Å²) >= 11 is 0. The van der Waals surface area contributed by atoms with Crippen LogP contribution in [0.5, 0.6) is 0 Å². The fraction of sp³-hybridized carbons (Fsp3) is 0.625. The summed E-state index contributed by atoms with van der Waals surface area (Å²) in [6.07, 6.45) is 2.55. The van der Waals surface area contributed by atoms with Gasteiger partial charge in [0.2, 0.25) is 0 Å².